The predicted molar refractivity (Wildman–Crippen MR) is 98.4 cm³/mol. The molecule has 0 aromatic carbocycles. The fraction of sp³-hybridized carbons (Fsp3) is 0.722. The lowest BCUT2D eigenvalue weighted by molar-refractivity contribution is 0.122. The second-order valence-electron chi connectivity index (χ2n) is 7.45. The maximum Gasteiger partial charge on any atom is 0.152 e. The molecule has 2 saturated heterocycles. The molecule has 1 aromatic rings. The molecule has 0 amide bonds. The van der Waals surface area contributed by atoms with Crippen LogP contribution in [0.2, 0.25) is 0 Å². The van der Waals surface area contributed by atoms with Crippen molar-refractivity contribution in [2.24, 2.45) is 0 Å². The Bertz CT molecular complexity index is 587. The lowest BCUT2D eigenvalue weighted by Gasteiger charge is -2.49. The van der Waals surface area contributed by atoms with Gasteiger partial charge in [-0.2, -0.15) is 0 Å². The largest absolute Gasteiger partial charge is 0.378 e. The molecule has 0 unspecified atom stereocenters. The minimum atomic E-state index is 0.542. The molecule has 4 rings (SSSR count). The highest BCUT2D eigenvalue weighted by molar-refractivity contribution is 5.74. The first-order valence-corrected chi connectivity index (χ1v) is 9.18. The summed E-state index contributed by atoms with van der Waals surface area (Å²) in [7, 11) is 2.20. The summed E-state index contributed by atoms with van der Waals surface area (Å²) in [6, 6.07) is 3.48. The maximum atomic E-state index is 5.47. The third-order valence-electron chi connectivity index (χ3n) is 5.62. The summed E-state index contributed by atoms with van der Waals surface area (Å²) in [5.41, 5.74) is 2.50. The van der Waals surface area contributed by atoms with E-state index in [0.717, 1.165) is 58.3 Å². The van der Waals surface area contributed by atoms with E-state index >= 15 is 0 Å². The lowest BCUT2D eigenvalue weighted by atomic mass is 10.1. The molecule has 1 atom stereocenters. The van der Waals surface area contributed by atoms with Gasteiger partial charge in [-0.3, -0.25) is 4.90 Å². The van der Waals surface area contributed by atoms with Gasteiger partial charge in [-0.05, 0) is 19.9 Å². The van der Waals surface area contributed by atoms with Gasteiger partial charge in [0.15, 0.2) is 5.82 Å². The molecule has 0 bridgehead atoms. The summed E-state index contributed by atoms with van der Waals surface area (Å²) in [6.07, 6.45) is 2.05. The molecule has 24 heavy (non-hydrogen) atoms. The Hall–Kier alpha value is -1.53. The molecule has 1 aromatic heterocycles. The Morgan fingerprint density at radius 2 is 1.92 bits per heavy atom. The minimum absolute atomic E-state index is 0.542. The van der Waals surface area contributed by atoms with Gasteiger partial charge in [0.05, 0.1) is 36.8 Å². The van der Waals surface area contributed by atoms with Crippen molar-refractivity contribution < 1.29 is 4.74 Å². The molecule has 6 heteroatoms. The van der Waals surface area contributed by atoms with Crippen LogP contribution in [0.5, 0.6) is 0 Å². The summed E-state index contributed by atoms with van der Waals surface area (Å²) in [6.45, 7) is 12.5. The Balaban J connectivity index is 1.58. The zero-order valence-corrected chi connectivity index (χ0v) is 15.1. The van der Waals surface area contributed by atoms with Crippen LogP contribution >= 0.6 is 0 Å². The Morgan fingerprint density at radius 3 is 2.67 bits per heavy atom. The molecule has 0 spiro atoms. The fourth-order valence-corrected chi connectivity index (χ4v) is 4.13. The van der Waals surface area contributed by atoms with Gasteiger partial charge in [0.2, 0.25) is 0 Å². The number of anilines is 3. The van der Waals surface area contributed by atoms with E-state index in [1.165, 1.54) is 11.4 Å². The number of morpholine rings is 1. The third-order valence-corrected chi connectivity index (χ3v) is 5.62. The molecule has 2 fully saturated rings. The third kappa shape index (κ3) is 2.82. The predicted octanol–water partition coefficient (Wildman–Crippen LogP) is 1.27. The molecule has 0 radical (unpaired) electrons. The van der Waals surface area contributed by atoms with Crippen LogP contribution in [0.1, 0.15) is 13.8 Å². The molecule has 0 N–H and O–H groups in total. The standard InChI is InChI=1S/C18H29N5O/c1-14(2)22-4-5-23-16(13-22)12-20(3)17-10-15(11-19-18(17)23)21-6-8-24-9-7-21/h10-11,14,16H,4-9,12-13H2,1-3H3/t16-/m1/s1. The van der Waals surface area contributed by atoms with E-state index in [0.29, 0.717) is 12.1 Å². The van der Waals surface area contributed by atoms with Crippen LogP contribution in [-0.4, -0.2) is 81.5 Å². The van der Waals surface area contributed by atoms with Gasteiger partial charge in [-0.25, -0.2) is 4.98 Å². The van der Waals surface area contributed by atoms with Crippen LogP contribution < -0.4 is 14.7 Å². The number of piperazine rings is 1. The zero-order chi connectivity index (χ0) is 16.7. The van der Waals surface area contributed by atoms with E-state index in [-0.39, 0.29) is 0 Å². The van der Waals surface area contributed by atoms with Crippen molar-refractivity contribution in [1.29, 1.82) is 0 Å². The van der Waals surface area contributed by atoms with Crippen LogP contribution in [0.3, 0.4) is 0 Å². The first kappa shape index (κ1) is 16.0. The first-order chi connectivity index (χ1) is 11.6. The van der Waals surface area contributed by atoms with E-state index in [2.05, 4.69) is 52.8 Å². The number of pyridine rings is 1. The number of aromatic nitrogens is 1. The average Bonchev–Trinajstić information content (AvgIpc) is 2.62. The molecule has 132 valence electrons. The van der Waals surface area contributed by atoms with Crippen molar-refractivity contribution in [2.45, 2.75) is 25.9 Å². The van der Waals surface area contributed by atoms with Crippen LogP contribution in [0, 0.1) is 0 Å². The van der Waals surface area contributed by atoms with Crippen LogP contribution in [0.4, 0.5) is 17.2 Å². The summed E-state index contributed by atoms with van der Waals surface area (Å²) in [5, 5.41) is 0. The number of hydrogen-bond acceptors (Lipinski definition) is 6. The van der Waals surface area contributed by atoms with Gasteiger partial charge >= 0.3 is 0 Å². The Kier molecular flexibility index (Phi) is 4.26. The summed E-state index contributed by atoms with van der Waals surface area (Å²) < 4.78 is 5.47. The molecule has 6 nitrogen and oxygen atoms in total. The van der Waals surface area contributed by atoms with Crippen LogP contribution in [-0.2, 0) is 4.74 Å². The highest BCUT2D eigenvalue weighted by Crippen LogP contribution is 2.37. The van der Waals surface area contributed by atoms with Crippen LogP contribution in [0.15, 0.2) is 12.3 Å². The van der Waals surface area contributed by atoms with Gasteiger partial charge in [0.25, 0.3) is 0 Å². The van der Waals surface area contributed by atoms with Gasteiger partial charge in [0.1, 0.15) is 0 Å². The highest BCUT2D eigenvalue weighted by atomic mass is 16.5. The molecule has 4 heterocycles. The zero-order valence-electron chi connectivity index (χ0n) is 15.1. The molecular formula is C18H29N5O. The molecule has 0 saturated carbocycles. The highest BCUT2D eigenvalue weighted by Gasteiger charge is 2.35. The monoisotopic (exact) mass is 331 g/mol. The Labute approximate surface area is 145 Å². The second-order valence-corrected chi connectivity index (χ2v) is 7.45. The minimum Gasteiger partial charge on any atom is -0.378 e. The van der Waals surface area contributed by atoms with E-state index in [1.807, 2.05) is 0 Å². The van der Waals surface area contributed by atoms with Crippen molar-refractivity contribution in [3.05, 3.63) is 12.3 Å². The van der Waals surface area contributed by atoms with Gasteiger partial charge in [0, 0.05) is 52.4 Å². The SMILES string of the molecule is CC(C)N1CCN2c3ncc(N4CCOCC4)cc3N(C)C[C@@H]2C1. The number of fused-ring (bicyclic) bond motifs is 3. The van der Waals surface area contributed by atoms with Crippen molar-refractivity contribution in [1.82, 2.24) is 9.88 Å². The molecule has 3 aliphatic heterocycles. The van der Waals surface area contributed by atoms with Gasteiger partial charge in [-0.15, -0.1) is 0 Å². The van der Waals surface area contributed by atoms with Crippen LogP contribution in [0.25, 0.3) is 0 Å². The average molecular weight is 331 g/mol. The molecule has 0 aliphatic carbocycles. The second kappa shape index (κ2) is 6.41. The smallest absolute Gasteiger partial charge is 0.152 e. The van der Waals surface area contributed by atoms with Crippen molar-refractivity contribution in [3.8, 4) is 0 Å². The normalized spacial score (nSPS) is 25.0. The summed E-state index contributed by atoms with van der Waals surface area (Å²) in [5.74, 6) is 1.16. The van der Waals surface area contributed by atoms with Crippen molar-refractivity contribution in [2.75, 3.05) is 74.2 Å². The van der Waals surface area contributed by atoms with E-state index < -0.39 is 0 Å². The van der Waals surface area contributed by atoms with E-state index in [1.54, 1.807) is 0 Å². The van der Waals surface area contributed by atoms with Crippen molar-refractivity contribution >= 4 is 17.2 Å². The summed E-state index contributed by atoms with van der Waals surface area (Å²) >= 11 is 0. The Morgan fingerprint density at radius 1 is 1.12 bits per heavy atom. The topological polar surface area (TPSA) is 35.1 Å². The quantitative estimate of drug-likeness (QED) is 0.812. The number of likely N-dealkylation sites (N-methyl/N-ethyl adjacent to an activating group) is 1. The maximum absolute atomic E-state index is 5.47. The summed E-state index contributed by atoms with van der Waals surface area (Å²) in [4.78, 5) is 14.8. The number of hydrogen-bond donors (Lipinski definition) is 0. The number of rotatable bonds is 2. The number of nitrogens with zero attached hydrogens (tertiary/aromatic N) is 5. The van der Waals surface area contributed by atoms with E-state index in [4.69, 9.17) is 9.72 Å². The van der Waals surface area contributed by atoms with Gasteiger partial charge < -0.3 is 19.4 Å². The lowest BCUT2D eigenvalue weighted by Crippen LogP contribution is -2.60. The molecule has 3 aliphatic rings. The fourth-order valence-electron chi connectivity index (χ4n) is 4.13. The van der Waals surface area contributed by atoms with Gasteiger partial charge in [-0.1, -0.05) is 0 Å². The van der Waals surface area contributed by atoms with Crippen molar-refractivity contribution in [3.63, 3.8) is 0 Å². The molecular weight excluding hydrogens is 302 g/mol. The van der Waals surface area contributed by atoms with E-state index in [9.17, 15) is 0 Å². The number of ether oxygens (including phenoxy) is 1. The first-order valence-electron chi connectivity index (χ1n) is 9.18.